The molecule has 21 heavy (non-hydrogen) atoms. The summed E-state index contributed by atoms with van der Waals surface area (Å²) in [6.07, 6.45) is 1.11. The predicted molar refractivity (Wildman–Crippen MR) is 83.8 cm³/mol. The molecule has 2 heterocycles. The Kier molecular flexibility index (Phi) is 6.26. The van der Waals surface area contributed by atoms with Crippen molar-refractivity contribution in [2.45, 2.75) is 38.8 Å². The fourth-order valence-electron chi connectivity index (χ4n) is 3.31. The van der Waals surface area contributed by atoms with Gasteiger partial charge in [-0.1, -0.05) is 0 Å². The summed E-state index contributed by atoms with van der Waals surface area (Å²) in [6.45, 7) is 12.1. The van der Waals surface area contributed by atoms with Crippen LogP contribution < -0.4 is 5.32 Å². The van der Waals surface area contributed by atoms with Gasteiger partial charge in [0.2, 0.25) is 0 Å². The maximum atomic E-state index is 11.5. The highest BCUT2D eigenvalue weighted by atomic mass is 16.4. The molecular weight excluding hydrogens is 268 g/mol. The lowest BCUT2D eigenvalue weighted by Crippen LogP contribution is -2.52. The van der Waals surface area contributed by atoms with Gasteiger partial charge in [0.05, 0.1) is 0 Å². The van der Waals surface area contributed by atoms with E-state index in [-0.39, 0.29) is 6.04 Å². The molecule has 0 bridgehead atoms. The maximum Gasteiger partial charge on any atom is 0.407 e. The van der Waals surface area contributed by atoms with E-state index >= 15 is 0 Å². The van der Waals surface area contributed by atoms with Crippen molar-refractivity contribution < 1.29 is 9.90 Å². The second-order valence-electron chi connectivity index (χ2n) is 6.43. The Morgan fingerprint density at radius 2 is 1.86 bits per heavy atom. The largest absolute Gasteiger partial charge is 0.465 e. The molecule has 0 atom stereocenters. The highest BCUT2D eigenvalue weighted by Gasteiger charge is 2.26. The first kappa shape index (κ1) is 16.5. The molecular formula is C15H30N4O2. The standard InChI is InChI=1S/C15H30N4O2/c1-13(2)18-10-7-17(8-11-18)9-12-19(15(20)21)14-3-5-16-6-4-14/h13-14,16H,3-12H2,1-2H3,(H,20,21). The van der Waals surface area contributed by atoms with Crippen LogP contribution in [0.2, 0.25) is 0 Å². The zero-order chi connectivity index (χ0) is 15.2. The fraction of sp³-hybridized carbons (Fsp3) is 0.933. The van der Waals surface area contributed by atoms with Crippen molar-refractivity contribution >= 4 is 6.09 Å². The first-order valence-electron chi connectivity index (χ1n) is 8.24. The summed E-state index contributed by atoms with van der Waals surface area (Å²) in [5, 5.41) is 12.7. The molecule has 2 N–H and O–H groups in total. The second kappa shape index (κ2) is 7.96. The number of piperidine rings is 1. The van der Waals surface area contributed by atoms with Gasteiger partial charge in [-0.15, -0.1) is 0 Å². The molecule has 0 aromatic carbocycles. The van der Waals surface area contributed by atoms with Crippen LogP contribution in [0.3, 0.4) is 0 Å². The molecule has 0 radical (unpaired) electrons. The van der Waals surface area contributed by atoms with Crippen LogP contribution in [0.4, 0.5) is 4.79 Å². The van der Waals surface area contributed by atoms with Crippen molar-refractivity contribution in [1.29, 1.82) is 0 Å². The van der Waals surface area contributed by atoms with Gasteiger partial charge in [-0.25, -0.2) is 4.79 Å². The van der Waals surface area contributed by atoms with Crippen molar-refractivity contribution in [3.05, 3.63) is 0 Å². The van der Waals surface area contributed by atoms with E-state index in [1.807, 2.05) is 0 Å². The number of hydrogen-bond donors (Lipinski definition) is 2. The van der Waals surface area contributed by atoms with E-state index in [4.69, 9.17) is 0 Å². The minimum Gasteiger partial charge on any atom is -0.465 e. The van der Waals surface area contributed by atoms with E-state index in [2.05, 4.69) is 29.0 Å². The molecule has 0 spiro atoms. The van der Waals surface area contributed by atoms with Crippen LogP contribution in [-0.2, 0) is 0 Å². The maximum absolute atomic E-state index is 11.5. The van der Waals surface area contributed by atoms with Crippen molar-refractivity contribution in [1.82, 2.24) is 20.0 Å². The molecule has 6 heteroatoms. The van der Waals surface area contributed by atoms with Crippen LogP contribution >= 0.6 is 0 Å². The number of carboxylic acid groups (broad SMARTS) is 1. The van der Waals surface area contributed by atoms with Crippen LogP contribution in [0.15, 0.2) is 0 Å². The van der Waals surface area contributed by atoms with Crippen LogP contribution in [0.25, 0.3) is 0 Å². The van der Waals surface area contributed by atoms with Crippen LogP contribution in [0.1, 0.15) is 26.7 Å². The lowest BCUT2D eigenvalue weighted by molar-refractivity contribution is 0.0805. The molecule has 2 aliphatic heterocycles. The molecule has 2 fully saturated rings. The topological polar surface area (TPSA) is 59.0 Å². The van der Waals surface area contributed by atoms with E-state index in [0.717, 1.165) is 58.7 Å². The van der Waals surface area contributed by atoms with Crippen LogP contribution in [-0.4, -0.2) is 90.3 Å². The number of piperazine rings is 1. The third kappa shape index (κ3) is 4.83. The minimum atomic E-state index is -0.761. The Labute approximate surface area is 128 Å². The Balaban J connectivity index is 1.76. The van der Waals surface area contributed by atoms with Gasteiger partial charge in [-0.3, -0.25) is 9.80 Å². The third-order valence-corrected chi connectivity index (χ3v) is 4.79. The molecule has 0 unspecified atom stereocenters. The molecule has 6 nitrogen and oxygen atoms in total. The van der Waals surface area contributed by atoms with Crippen LogP contribution in [0.5, 0.6) is 0 Å². The number of nitrogens with zero attached hydrogens (tertiary/aromatic N) is 3. The summed E-state index contributed by atoms with van der Waals surface area (Å²) < 4.78 is 0. The zero-order valence-corrected chi connectivity index (χ0v) is 13.4. The highest BCUT2D eigenvalue weighted by molar-refractivity contribution is 5.65. The Morgan fingerprint density at radius 1 is 1.24 bits per heavy atom. The SMILES string of the molecule is CC(C)N1CCN(CCN(C(=O)O)C2CCNCC2)CC1. The first-order valence-corrected chi connectivity index (χ1v) is 8.24. The summed E-state index contributed by atoms with van der Waals surface area (Å²) in [5.74, 6) is 0. The average molecular weight is 298 g/mol. The lowest BCUT2D eigenvalue weighted by atomic mass is 10.1. The summed E-state index contributed by atoms with van der Waals surface area (Å²) >= 11 is 0. The molecule has 0 aromatic rings. The third-order valence-electron chi connectivity index (χ3n) is 4.79. The van der Waals surface area contributed by atoms with Gasteiger partial charge in [0.15, 0.2) is 0 Å². The molecule has 1 amide bonds. The molecule has 0 aliphatic carbocycles. The molecule has 2 saturated heterocycles. The molecule has 0 saturated carbocycles. The Morgan fingerprint density at radius 3 is 2.38 bits per heavy atom. The quantitative estimate of drug-likeness (QED) is 0.784. The van der Waals surface area contributed by atoms with Gasteiger partial charge < -0.3 is 15.3 Å². The van der Waals surface area contributed by atoms with Gasteiger partial charge in [-0.2, -0.15) is 0 Å². The number of amides is 1. The summed E-state index contributed by atoms with van der Waals surface area (Å²) in [7, 11) is 0. The second-order valence-corrected chi connectivity index (χ2v) is 6.43. The van der Waals surface area contributed by atoms with Crippen molar-refractivity contribution in [2.24, 2.45) is 0 Å². The van der Waals surface area contributed by atoms with Gasteiger partial charge in [-0.05, 0) is 39.8 Å². The van der Waals surface area contributed by atoms with Crippen molar-refractivity contribution in [2.75, 3.05) is 52.4 Å². The van der Waals surface area contributed by atoms with E-state index in [0.29, 0.717) is 12.6 Å². The number of nitrogens with one attached hydrogen (secondary N) is 1. The van der Waals surface area contributed by atoms with Gasteiger partial charge in [0.25, 0.3) is 0 Å². The summed E-state index contributed by atoms with van der Waals surface area (Å²) in [4.78, 5) is 18.0. The predicted octanol–water partition coefficient (Wildman–Crippen LogP) is 0.744. The van der Waals surface area contributed by atoms with E-state index < -0.39 is 6.09 Å². The highest BCUT2D eigenvalue weighted by Crippen LogP contribution is 2.13. The smallest absolute Gasteiger partial charge is 0.407 e. The fourth-order valence-corrected chi connectivity index (χ4v) is 3.31. The Hall–Kier alpha value is -0.850. The normalized spacial score (nSPS) is 22.6. The van der Waals surface area contributed by atoms with E-state index in [1.54, 1.807) is 4.90 Å². The Bertz CT molecular complexity index is 324. The monoisotopic (exact) mass is 298 g/mol. The summed E-state index contributed by atoms with van der Waals surface area (Å²) in [6, 6.07) is 0.804. The first-order chi connectivity index (χ1) is 10.1. The minimum absolute atomic E-state index is 0.195. The number of carbonyl (C=O) groups is 1. The molecule has 0 aromatic heterocycles. The van der Waals surface area contributed by atoms with Gasteiger partial charge in [0, 0.05) is 51.4 Å². The zero-order valence-electron chi connectivity index (χ0n) is 13.4. The number of rotatable bonds is 5. The van der Waals surface area contributed by atoms with E-state index in [1.165, 1.54) is 0 Å². The molecule has 2 aliphatic rings. The molecule has 122 valence electrons. The molecule has 2 rings (SSSR count). The van der Waals surface area contributed by atoms with Crippen molar-refractivity contribution in [3.63, 3.8) is 0 Å². The average Bonchev–Trinajstić information content (AvgIpc) is 2.48. The van der Waals surface area contributed by atoms with Gasteiger partial charge in [0.1, 0.15) is 0 Å². The van der Waals surface area contributed by atoms with Crippen molar-refractivity contribution in [3.8, 4) is 0 Å². The summed E-state index contributed by atoms with van der Waals surface area (Å²) in [5.41, 5.74) is 0. The number of hydrogen-bond acceptors (Lipinski definition) is 4. The lowest BCUT2D eigenvalue weighted by Gasteiger charge is -2.38. The van der Waals surface area contributed by atoms with Gasteiger partial charge >= 0.3 is 6.09 Å². The van der Waals surface area contributed by atoms with Crippen LogP contribution in [0, 0.1) is 0 Å². The van der Waals surface area contributed by atoms with E-state index in [9.17, 15) is 9.90 Å².